The van der Waals surface area contributed by atoms with Crippen molar-refractivity contribution in [2.45, 2.75) is 19.3 Å². The SMILES string of the molecule is CC1(C)c2ccccc2-c2ccc(-c3ccc(N(c4ccc(-c5ccccc5)cc4)c4ccc(-n5c6ccccc6c6cnccc65)cc4)cc3-c3ccccc3)cc21. The number of rotatable bonds is 7. The lowest BCUT2D eigenvalue weighted by atomic mass is 9.81. The first kappa shape index (κ1) is 34.7. The Kier molecular flexibility index (Phi) is 8.16. The van der Waals surface area contributed by atoms with Crippen LogP contribution >= 0.6 is 0 Å². The van der Waals surface area contributed by atoms with E-state index in [-0.39, 0.29) is 5.41 Å². The number of aromatic nitrogens is 2. The summed E-state index contributed by atoms with van der Waals surface area (Å²) in [5.41, 5.74) is 19.2. The predicted octanol–water partition coefficient (Wildman–Crippen LogP) is 15.0. The number of fused-ring (bicyclic) bond motifs is 6. The van der Waals surface area contributed by atoms with Crippen molar-refractivity contribution in [3.05, 3.63) is 224 Å². The molecule has 0 radical (unpaired) electrons. The zero-order valence-electron chi connectivity index (χ0n) is 33.0. The molecule has 1 aliphatic carbocycles. The maximum Gasteiger partial charge on any atom is 0.0571 e. The van der Waals surface area contributed by atoms with Crippen molar-refractivity contribution in [3.8, 4) is 50.2 Å². The fourth-order valence-electron chi connectivity index (χ4n) is 9.38. The predicted molar refractivity (Wildman–Crippen MR) is 247 cm³/mol. The zero-order valence-corrected chi connectivity index (χ0v) is 33.0. The van der Waals surface area contributed by atoms with E-state index in [1.54, 1.807) is 0 Å². The van der Waals surface area contributed by atoms with E-state index in [9.17, 15) is 0 Å². The molecule has 0 fully saturated rings. The Bertz CT molecular complexity index is 3110. The Morgan fingerprint density at radius 3 is 1.76 bits per heavy atom. The first-order chi connectivity index (χ1) is 29.0. The smallest absolute Gasteiger partial charge is 0.0571 e. The van der Waals surface area contributed by atoms with Gasteiger partial charge in [0.1, 0.15) is 0 Å². The molecule has 0 saturated carbocycles. The van der Waals surface area contributed by atoms with Crippen LogP contribution in [0.3, 0.4) is 0 Å². The van der Waals surface area contributed by atoms with Gasteiger partial charge in [0, 0.05) is 51.3 Å². The van der Waals surface area contributed by atoms with Crippen LogP contribution in [0.5, 0.6) is 0 Å². The molecule has 0 atom stereocenters. The van der Waals surface area contributed by atoms with Crippen LogP contribution in [0.4, 0.5) is 17.1 Å². The lowest BCUT2D eigenvalue weighted by Crippen LogP contribution is -2.14. The first-order valence-corrected chi connectivity index (χ1v) is 20.4. The molecular weight excluding hydrogens is 715 g/mol. The van der Waals surface area contributed by atoms with Crippen molar-refractivity contribution in [1.82, 2.24) is 9.55 Å². The molecule has 0 spiro atoms. The summed E-state index contributed by atoms with van der Waals surface area (Å²) in [6.07, 6.45) is 3.85. The summed E-state index contributed by atoms with van der Waals surface area (Å²) < 4.78 is 2.34. The summed E-state index contributed by atoms with van der Waals surface area (Å²) in [5, 5.41) is 2.35. The molecule has 59 heavy (non-hydrogen) atoms. The van der Waals surface area contributed by atoms with Crippen molar-refractivity contribution < 1.29 is 0 Å². The monoisotopic (exact) mass is 755 g/mol. The van der Waals surface area contributed by atoms with Crippen LogP contribution in [0.1, 0.15) is 25.0 Å². The van der Waals surface area contributed by atoms with Crippen molar-refractivity contribution in [3.63, 3.8) is 0 Å². The molecule has 8 aromatic carbocycles. The lowest BCUT2D eigenvalue weighted by molar-refractivity contribution is 0.660. The molecule has 11 rings (SSSR count). The summed E-state index contributed by atoms with van der Waals surface area (Å²) >= 11 is 0. The molecule has 2 aromatic heterocycles. The standard InChI is InChI=1S/C56H41N3/c1-56(2)52-19-11-9-17-47(52)48-31-23-41(35-53(48)56)46-32-30-45(36-50(46)40-15-7-4-8-16-40)58(42-24-21-39(22-25-42)38-13-5-3-6-14-38)43-26-28-44(29-27-43)59-54-20-12-10-18-49(54)51-37-57-34-33-55(51)59/h3-37H,1-2H3. The normalized spacial score (nSPS) is 12.7. The summed E-state index contributed by atoms with van der Waals surface area (Å²) in [6, 6.07) is 72.9. The van der Waals surface area contributed by atoms with Gasteiger partial charge in [0.15, 0.2) is 0 Å². The molecule has 3 heteroatoms. The third-order valence-corrected chi connectivity index (χ3v) is 12.3. The highest BCUT2D eigenvalue weighted by atomic mass is 15.1. The lowest BCUT2D eigenvalue weighted by Gasteiger charge is -2.27. The topological polar surface area (TPSA) is 21.1 Å². The second kappa shape index (κ2) is 13.9. The Labute approximate surface area is 345 Å². The summed E-state index contributed by atoms with van der Waals surface area (Å²) in [7, 11) is 0. The van der Waals surface area contributed by atoms with Crippen molar-refractivity contribution in [1.29, 1.82) is 0 Å². The van der Waals surface area contributed by atoms with Gasteiger partial charge in [-0.05, 0) is 122 Å². The largest absolute Gasteiger partial charge is 0.310 e. The van der Waals surface area contributed by atoms with Gasteiger partial charge in [-0.2, -0.15) is 0 Å². The zero-order chi connectivity index (χ0) is 39.5. The fraction of sp³-hybridized carbons (Fsp3) is 0.0536. The van der Waals surface area contributed by atoms with E-state index >= 15 is 0 Å². The Hall–Kier alpha value is -7.49. The van der Waals surface area contributed by atoms with Gasteiger partial charge in [-0.15, -0.1) is 0 Å². The van der Waals surface area contributed by atoms with Gasteiger partial charge >= 0.3 is 0 Å². The minimum Gasteiger partial charge on any atom is -0.310 e. The molecular formula is C56H41N3. The maximum absolute atomic E-state index is 4.46. The molecule has 280 valence electrons. The van der Waals surface area contributed by atoms with Crippen LogP contribution < -0.4 is 4.90 Å². The molecule has 2 heterocycles. The Morgan fingerprint density at radius 1 is 0.407 bits per heavy atom. The molecule has 3 nitrogen and oxygen atoms in total. The van der Waals surface area contributed by atoms with E-state index in [1.807, 2.05) is 12.4 Å². The maximum atomic E-state index is 4.46. The molecule has 0 saturated heterocycles. The van der Waals surface area contributed by atoms with Crippen LogP contribution in [0, 0.1) is 0 Å². The number of pyridine rings is 1. The number of hydrogen-bond acceptors (Lipinski definition) is 2. The van der Waals surface area contributed by atoms with Gasteiger partial charge in [-0.3, -0.25) is 4.98 Å². The second-order valence-electron chi connectivity index (χ2n) is 16.0. The van der Waals surface area contributed by atoms with Gasteiger partial charge in [-0.25, -0.2) is 0 Å². The third-order valence-electron chi connectivity index (χ3n) is 12.3. The second-order valence-corrected chi connectivity index (χ2v) is 16.0. The van der Waals surface area contributed by atoms with Crippen molar-refractivity contribution in [2.75, 3.05) is 4.90 Å². The Morgan fingerprint density at radius 2 is 0.983 bits per heavy atom. The van der Waals surface area contributed by atoms with E-state index in [0.717, 1.165) is 33.7 Å². The molecule has 0 aliphatic heterocycles. The molecule has 0 amide bonds. The molecule has 1 aliphatic rings. The van der Waals surface area contributed by atoms with E-state index in [2.05, 4.69) is 228 Å². The summed E-state index contributed by atoms with van der Waals surface area (Å²) in [5.74, 6) is 0. The van der Waals surface area contributed by atoms with E-state index < -0.39 is 0 Å². The van der Waals surface area contributed by atoms with Crippen LogP contribution in [0.15, 0.2) is 213 Å². The van der Waals surface area contributed by atoms with Crippen LogP contribution in [0.2, 0.25) is 0 Å². The van der Waals surface area contributed by atoms with E-state index in [4.69, 9.17) is 0 Å². The Balaban J connectivity index is 1.06. The number of benzene rings is 8. The first-order valence-electron chi connectivity index (χ1n) is 20.4. The molecule has 0 bridgehead atoms. The van der Waals surface area contributed by atoms with Crippen LogP contribution in [0.25, 0.3) is 72.0 Å². The highest BCUT2D eigenvalue weighted by Gasteiger charge is 2.35. The van der Waals surface area contributed by atoms with Gasteiger partial charge in [0.25, 0.3) is 0 Å². The average molecular weight is 756 g/mol. The van der Waals surface area contributed by atoms with Gasteiger partial charge in [-0.1, -0.05) is 147 Å². The third kappa shape index (κ3) is 5.77. The van der Waals surface area contributed by atoms with Crippen LogP contribution in [-0.2, 0) is 5.41 Å². The van der Waals surface area contributed by atoms with E-state index in [1.165, 1.54) is 66.5 Å². The fourth-order valence-corrected chi connectivity index (χ4v) is 9.38. The number of nitrogens with zero attached hydrogens (tertiary/aromatic N) is 3. The van der Waals surface area contributed by atoms with E-state index in [0.29, 0.717) is 0 Å². The summed E-state index contributed by atoms with van der Waals surface area (Å²) in [6.45, 7) is 4.71. The van der Waals surface area contributed by atoms with Crippen molar-refractivity contribution >= 4 is 38.9 Å². The number of anilines is 3. The highest BCUT2D eigenvalue weighted by Crippen LogP contribution is 2.50. The average Bonchev–Trinajstić information content (AvgIpc) is 3.75. The molecule has 0 unspecified atom stereocenters. The number of hydrogen-bond donors (Lipinski definition) is 0. The van der Waals surface area contributed by atoms with Crippen molar-refractivity contribution in [2.24, 2.45) is 0 Å². The highest BCUT2D eigenvalue weighted by molar-refractivity contribution is 6.08. The quantitative estimate of drug-likeness (QED) is 0.162. The minimum atomic E-state index is -0.0836. The molecule has 0 N–H and O–H groups in total. The van der Waals surface area contributed by atoms with Gasteiger partial charge in [0.05, 0.1) is 11.0 Å². The summed E-state index contributed by atoms with van der Waals surface area (Å²) in [4.78, 5) is 6.85. The van der Waals surface area contributed by atoms with Gasteiger partial charge < -0.3 is 9.47 Å². The van der Waals surface area contributed by atoms with Gasteiger partial charge in [0.2, 0.25) is 0 Å². The van der Waals surface area contributed by atoms with Crippen LogP contribution in [-0.4, -0.2) is 9.55 Å². The molecule has 10 aromatic rings. The minimum absolute atomic E-state index is 0.0836. The number of para-hydroxylation sites is 1.